The zero-order valence-electron chi connectivity index (χ0n) is 11.8. The fraction of sp³-hybridized carbons (Fsp3) is 0.400. The summed E-state index contributed by atoms with van der Waals surface area (Å²) in [6.45, 7) is 4.02. The van der Waals surface area contributed by atoms with Crippen molar-refractivity contribution in [2.45, 2.75) is 32.2 Å². The van der Waals surface area contributed by atoms with E-state index in [1.54, 1.807) is 0 Å². The molecule has 1 amide bonds. The molecule has 0 aliphatic heterocycles. The maximum atomic E-state index is 12.3. The van der Waals surface area contributed by atoms with Crippen LogP contribution in [0.3, 0.4) is 0 Å². The van der Waals surface area contributed by atoms with Crippen LogP contribution in [0.4, 0.5) is 5.69 Å². The van der Waals surface area contributed by atoms with Gasteiger partial charge in [-0.1, -0.05) is 6.92 Å². The quantitative estimate of drug-likeness (QED) is 0.742. The van der Waals surface area contributed by atoms with Crippen LogP contribution in [0.15, 0.2) is 24.3 Å². The second kappa shape index (κ2) is 5.81. The lowest BCUT2D eigenvalue weighted by Gasteiger charge is -2.28. The van der Waals surface area contributed by atoms with Gasteiger partial charge in [0.2, 0.25) is 0 Å². The third-order valence-electron chi connectivity index (χ3n) is 3.62. The van der Waals surface area contributed by atoms with Crippen LogP contribution in [0.2, 0.25) is 0 Å². The number of nitrogen functional groups attached to an aromatic ring is 1. The number of aliphatic hydroxyl groups excluding tert-OH is 1. The van der Waals surface area contributed by atoms with Crippen molar-refractivity contribution in [1.82, 2.24) is 5.32 Å². The smallest absolute Gasteiger partial charge is 0.261 e. The highest BCUT2D eigenvalue weighted by Gasteiger charge is 2.25. The minimum atomic E-state index is -0.374. The molecule has 0 aliphatic carbocycles. The number of carbonyl (C=O) groups is 1. The Morgan fingerprint density at radius 2 is 2.20 bits per heavy atom. The van der Waals surface area contributed by atoms with E-state index in [1.165, 1.54) is 11.3 Å². The van der Waals surface area contributed by atoms with Crippen LogP contribution in [0.5, 0.6) is 0 Å². The molecule has 1 unspecified atom stereocenters. The van der Waals surface area contributed by atoms with E-state index < -0.39 is 0 Å². The van der Waals surface area contributed by atoms with Crippen molar-refractivity contribution < 1.29 is 9.90 Å². The van der Waals surface area contributed by atoms with Crippen LogP contribution in [-0.2, 0) is 0 Å². The van der Waals surface area contributed by atoms with Gasteiger partial charge in [-0.3, -0.25) is 4.79 Å². The van der Waals surface area contributed by atoms with Crippen LogP contribution < -0.4 is 11.1 Å². The van der Waals surface area contributed by atoms with E-state index in [2.05, 4.69) is 5.32 Å². The minimum Gasteiger partial charge on any atom is -0.399 e. The Bertz CT molecular complexity index is 623. The van der Waals surface area contributed by atoms with Gasteiger partial charge in [-0.05, 0) is 49.4 Å². The maximum absolute atomic E-state index is 12.3. The molecular weight excluding hydrogens is 272 g/mol. The van der Waals surface area contributed by atoms with Gasteiger partial charge in [-0.25, -0.2) is 0 Å². The van der Waals surface area contributed by atoms with E-state index in [4.69, 9.17) is 10.8 Å². The summed E-state index contributed by atoms with van der Waals surface area (Å²) in [4.78, 5) is 13.0. The van der Waals surface area contributed by atoms with Crippen LogP contribution in [0.1, 0.15) is 36.4 Å². The summed E-state index contributed by atoms with van der Waals surface area (Å²) in [6.07, 6.45) is 1.32. The number of benzene rings is 1. The molecule has 2 rings (SSSR count). The number of thiophene rings is 1. The van der Waals surface area contributed by atoms with Gasteiger partial charge in [0.05, 0.1) is 4.88 Å². The standard InChI is InChI=1S/C15H20N2O2S/c1-3-15(2,6-7-18)17-14(19)13-9-10-8-11(16)4-5-12(10)20-13/h4-5,8-9,18H,3,6-7,16H2,1-2H3,(H,17,19). The van der Waals surface area contributed by atoms with Crippen molar-refractivity contribution in [2.24, 2.45) is 0 Å². The summed E-state index contributed by atoms with van der Waals surface area (Å²) in [5, 5.41) is 13.1. The predicted molar refractivity (Wildman–Crippen MR) is 84.1 cm³/mol. The summed E-state index contributed by atoms with van der Waals surface area (Å²) >= 11 is 1.45. The topological polar surface area (TPSA) is 75.3 Å². The zero-order chi connectivity index (χ0) is 14.8. The number of fused-ring (bicyclic) bond motifs is 1. The molecule has 0 bridgehead atoms. The molecule has 20 heavy (non-hydrogen) atoms. The van der Waals surface area contributed by atoms with Crippen LogP contribution >= 0.6 is 11.3 Å². The molecule has 1 heterocycles. The maximum Gasteiger partial charge on any atom is 0.261 e. The average molecular weight is 292 g/mol. The SMILES string of the molecule is CCC(C)(CCO)NC(=O)c1cc2cc(N)ccc2s1. The molecule has 0 spiro atoms. The van der Waals surface area contributed by atoms with Crippen molar-refractivity contribution in [3.05, 3.63) is 29.1 Å². The molecule has 108 valence electrons. The molecule has 0 saturated carbocycles. The van der Waals surface area contributed by atoms with Gasteiger partial charge in [0.25, 0.3) is 5.91 Å². The van der Waals surface area contributed by atoms with Gasteiger partial charge >= 0.3 is 0 Å². The molecule has 5 heteroatoms. The Labute approximate surface area is 122 Å². The number of rotatable bonds is 5. The average Bonchev–Trinajstić information content (AvgIpc) is 2.82. The highest BCUT2D eigenvalue weighted by Crippen LogP contribution is 2.28. The molecule has 4 N–H and O–H groups in total. The summed E-state index contributed by atoms with van der Waals surface area (Å²) in [7, 11) is 0. The Kier molecular flexibility index (Phi) is 4.30. The highest BCUT2D eigenvalue weighted by atomic mass is 32.1. The van der Waals surface area contributed by atoms with E-state index in [0.29, 0.717) is 17.0 Å². The Morgan fingerprint density at radius 3 is 2.85 bits per heavy atom. The molecule has 2 aromatic rings. The molecule has 1 aromatic heterocycles. The first-order chi connectivity index (χ1) is 9.47. The zero-order valence-corrected chi connectivity index (χ0v) is 12.6. The van der Waals surface area contributed by atoms with Crippen molar-refractivity contribution in [3.63, 3.8) is 0 Å². The number of nitrogens with one attached hydrogen (secondary N) is 1. The normalized spacial score (nSPS) is 14.2. The predicted octanol–water partition coefficient (Wildman–Crippen LogP) is 2.76. The monoisotopic (exact) mass is 292 g/mol. The number of hydrogen-bond donors (Lipinski definition) is 3. The Balaban J connectivity index is 2.22. The first-order valence-corrected chi connectivity index (χ1v) is 7.51. The number of carbonyl (C=O) groups excluding carboxylic acids is 1. The van der Waals surface area contributed by atoms with Crippen LogP contribution in [-0.4, -0.2) is 23.2 Å². The Morgan fingerprint density at radius 1 is 1.45 bits per heavy atom. The molecule has 1 atom stereocenters. The van der Waals surface area contributed by atoms with E-state index >= 15 is 0 Å². The minimum absolute atomic E-state index is 0.0631. The largest absolute Gasteiger partial charge is 0.399 e. The summed E-state index contributed by atoms with van der Waals surface area (Å²) in [6, 6.07) is 7.50. The molecule has 4 nitrogen and oxygen atoms in total. The summed E-state index contributed by atoms with van der Waals surface area (Å²) in [5.41, 5.74) is 6.07. The van der Waals surface area contributed by atoms with E-state index in [0.717, 1.165) is 16.5 Å². The van der Waals surface area contributed by atoms with Crippen LogP contribution in [0.25, 0.3) is 10.1 Å². The van der Waals surface area contributed by atoms with E-state index in [9.17, 15) is 4.79 Å². The van der Waals surface area contributed by atoms with Gasteiger partial charge in [0.15, 0.2) is 0 Å². The third kappa shape index (κ3) is 3.11. The Hall–Kier alpha value is -1.59. The van der Waals surface area contributed by atoms with Gasteiger partial charge in [0.1, 0.15) is 0 Å². The first-order valence-electron chi connectivity index (χ1n) is 6.70. The van der Waals surface area contributed by atoms with Crippen molar-refractivity contribution in [3.8, 4) is 0 Å². The number of aliphatic hydroxyl groups is 1. The fourth-order valence-corrected chi connectivity index (χ4v) is 3.02. The van der Waals surface area contributed by atoms with Gasteiger partial charge in [0, 0.05) is 22.5 Å². The van der Waals surface area contributed by atoms with Gasteiger partial charge in [-0.2, -0.15) is 0 Å². The molecule has 0 aliphatic rings. The summed E-state index contributed by atoms with van der Waals surface area (Å²) in [5.74, 6) is -0.0948. The summed E-state index contributed by atoms with van der Waals surface area (Å²) < 4.78 is 1.05. The molecule has 0 fully saturated rings. The number of nitrogens with two attached hydrogens (primary N) is 1. The van der Waals surface area contributed by atoms with E-state index in [1.807, 2.05) is 38.1 Å². The van der Waals surface area contributed by atoms with Crippen molar-refractivity contribution in [2.75, 3.05) is 12.3 Å². The highest BCUT2D eigenvalue weighted by molar-refractivity contribution is 7.20. The van der Waals surface area contributed by atoms with Gasteiger partial charge < -0.3 is 16.2 Å². The molecule has 0 saturated heterocycles. The second-order valence-corrected chi connectivity index (χ2v) is 6.33. The molecular formula is C15H20N2O2S. The number of amides is 1. The number of anilines is 1. The van der Waals surface area contributed by atoms with E-state index in [-0.39, 0.29) is 18.1 Å². The molecule has 0 radical (unpaired) electrons. The lowest BCUT2D eigenvalue weighted by atomic mass is 9.95. The lowest BCUT2D eigenvalue weighted by molar-refractivity contribution is 0.0890. The second-order valence-electron chi connectivity index (χ2n) is 5.25. The van der Waals surface area contributed by atoms with Crippen molar-refractivity contribution in [1.29, 1.82) is 0 Å². The fourth-order valence-electron chi connectivity index (χ4n) is 2.08. The van der Waals surface area contributed by atoms with Gasteiger partial charge in [-0.15, -0.1) is 11.3 Å². The third-order valence-corrected chi connectivity index (χ3v) is 4.74. The van der Waals surface area contributed by atoms with Crippen molar-refractivity contribution >= 4 is 33.0 Å². The van der Waals surface area contributed by atoms with Crippen LogP contribution in [0, 0.1) is 0 Å². The molecule has 1 aromatic carbocycles. The number of hydrogen-bond acceptors (Lipinski definition) is 4. The first kappa shape index (κ1) is 14.8. The lowest BCUT2D eigenvalue weighted by Crippen LogP contribution is -2.45.